The van der Waals surface area contributed by atoms with Gasteiger partial charge >= 0.3 is 0 Å². The van der Waals surface area contributed by atoms with Gasteiger partial charge in [0.15, 0.2) is 0 Å². The van der Waals surface area contributed by atoms with Crippen molar-refractivity contribution >= 4 is 37.9 Å². The molecule has 0 saturated heterocycles. The van der Waals surface area contributed by atoms with E-state index in [4.69, 9.17) is 10.2 Å². The zero-order valence-electron chi connectivity index (χ0n) is 14.2. The van der Waals surface area contributed by atoms with Gasteiger partial charge in [0, 0.05) is 0 Å². The van der Waals surface area contributed by atoms with E-state index in [1.807, 2.05) is 0 Å². The molecule has 2 unspecified atom stereocenters. The Kier molecular flexibility index (Phi) is 33.1. The minimum Gasteiger partial charge on any atom is -0.383 e. The summed E-state index contributed by atoms with van der Waals surface area (Å²) in [5.41, 5.74) is -0.944. The molecule has 0 aromatic heterocycles. The summed E-state index contributed by atoms with van der Waals surface area (Å²) < 4.78 is 0. The van der Waals surface area contributed by atoms with Crippen molar-refractivity contribution in [2.75, 3.05) is 5.75 Å². The van der Waals surface area contributed by atoms with Crippen molar-refractivity contribution < 1.29 is 10.2 Å². The maximum atomic E-state index is 7.92. The molecule has 0 heterocycles. The summed E-state index contributed by atoms with van der Waals surface area (Å²) >= 11 is 11.2. The minimum atomic E-state index is -0.472. The number of aliphatic hydroxyl groups is 2. The second-order valence-electron chi connectivity index (χ2n) is 5.17. The van der Waals surface area contributed by atoms with Gasteiger partial charge < -0.3 is 10.2 Å². The Labute approximate surface area is 149 Å². The van der Waals surface area contributed by atoms with Crippen LogP contribution >= 0.6 is 37.9 Å². The fourth-order valence-electron chi connectivity index (χ4n) is 1.60. The first-order chi connectivity index (χ1) is 9.88. The Morgan fingerprint density at radius 3 is 1.14 bits per heavy atom. The number of thiol groups is 3. The number of rotatable bonds is 10. The van der Waals surface area contributed by atoms with Crippen LogP contribution < -0.4 is 0 Å². The molecule has 0 aliphatic heterocycles. The largest absolute Gasteiger partial charge is 0.383 e. The van der Waals surface area contributed by atoms with Crippen LogP contribution in [0.4, 0.5) is 0 Å². The predicted octanol–water partition coefficient (Wildman–Crippen LogP) is 5.35. The molecule has 0 aliphatic carbocycles. The van der Waals surface area contributed by atoms with Crippen LogP contribution in [0.2, 0.25) is 0 Å². The van der Waals surface area contributed by atoms with Crippen molar-refractivity contribution in [2.45, 2.75) is 95.9 Å². The first-order valence-corrected chi connectivity index (χ1v) is 9.88. The minimum absolute atomic E-state index is 0.472. The standard InChI is InChI=1S/C12H26S.2C2H6OS/c1-2-3-4-5-6-7-8-9-10-11-12-13;2*1-2(3)4/h13H,2-12H2,1H3;2*2-4H,1H3. The highest BCUT2D eigenvalue weighted by atomic mass is 32.1. The number of hydrogen-bond donors (Lipinski definition) is 5. The first kappa shape index (κ1) is 26.8. The second-order valence-corrected chi connectivity index (χ2v) is 7.11. The lowest BCUT2D eigenvalue weighted by Crippen LogP contribution is -1.81. The molecule has 21 heavy (non-hydrogen) atoms. The topological polar surface area (TPSA) is 40.5 Å². The fourth-order valence-corrected chi connectivity index (χ4v) is 1.82. The third-order valence-electron chi connectivity index (χ3n) is 2.51. The van der Waals surface area contributed by atoms with E-state index in [1.54, 1.807) is 13.8 Å². The van der Waals surface area contributed by atoms with Gasteiger partial charge in [0.2, 0.25) is 0 Å². The maximum absolute atomic E-state index is 7.92. The molecule has 0 bridgehead atoms. The summed E-state index contributed by atoms with van der Waals surface area (Å²) in [6.45, 7) is 5.45. The third-order valence-corrected chi connectivity index (χ3v) is 2.83. The third kappa shape index (κ3) is 62.7. The van der Waals surface area contributed by atoms with E-state index in [9.17, 15) is 0 Å². The van der Waals surface area contributed by atoms with Gasteiger partial charge in [-0.25, -0.2) is 0 Å². The van der Waals surface area contributed by atoms with Gasteiger partial charge in [-0.2, -0.15) is 12.6 Å². The molecule has 0 rings (SSSR count). The highest BCUT2D eigenvalue weighted by molar-refractivity contribution is 7.80. The molecule has 0 saturated carbocycles. The van der Waals surface area contributed by atoms with E-state index in [0.29, 0.717) is 0 Å². The van der Waals surface area contributed by atoms with Crippen molar-refractivity contribution in [3.63, 3.8) is 0 Å². The zero-order valence-corrected chi connectivity index (χ0v) is 16.9. The Morgan fingerprint density at radius 1 is 0.667 bits per heavy atom. The Balaban J connectivity index is -0.000000334. The molecule has 2 N–H and O–H groups in total. The van der Waals surface area contributed by atoms with E-state index in [0.717, 1.165) is 5.75 Å². The normalized spacial score (nSPS) is 12.6. The average Bonchev–Trinajstić information content (AvgIpc) is 2.35. The van der Waals surface area contributed by atoms with Gasteiger partial charge in [-0.3, -0.25) is 0 Å². The second kappa shape index (κ2) is 25.9. The smallest absolute Gasteiger partial charge is 0.0936 e. The van der Waals surface area contributed by atoms with Crippen LogP contribution in [0.25, 0.3) is 0 Å². The molecule has 0 aromatic rings. The van der Waals surface area contributed by atoms with E-state index in [-0.39, 0.29) is 0 Å². The summed E-state index contributed by atoms with van der Waals surface area (Å²) in [6, 6.07) is 0. The first-order valence-electron chi connectivity index (χ1n) is 8.21. The van der Waals surface area contributed by atoms with E-state index >= 15 is 0 Å². The van der Waals surface area contributed by atoms with Crippen molar-refractivity contribution in [1.29, 1.82) is 0 Å². The quantitative estimate of drug-likeness (QED) is 0.208. The maximum Gasteiger partial charge on any atom is 0.0936 e. The molecule has 0 aliphatic rings. The van der Waals surface area contributed by atoms with Gasteiger partial charge in [-0.15, -0.1) is 25.3 Å². The summed E-state index contributed by atoms with van der Waals surface area (Å²) in [6.07, 6.45) is 14.2. The van der Waals surface area contributed by atoms with Crippen LogP contribution in [0.1, 0.15) is 85.0 Å². The summed E-state index contributed by atoms with van der Waals surface area (Å²) in [5.74, 6) is 1.07. The van der Waals surface area contributed by atoms with Crippen molar-refractivity contribution in [1.82, 2.24) is 0 Å². The van der Waals surface area contributed by atoms with Crippen LogP contribution in [0.3, 0.4) is 0 Å². The van der Waals surface area contributed by atoms with Gasteiger partial charge in [-0.1, -0.05) is 64.7 Å². The molecule has 2 nitrogen and oxygen atoms in total. The highest BCUT2D eigenvalue weighted by Crippen LogP contribution is 2.10. The van der Waals surface area contributed by atoms with Gasteiger partial charge in [0.05, 0.1) is 10.9 Å². The average molecular weight is 359 g/mol. The van der Waals surface area contributed by atoms with E-state index in [2.05, 4.69) is 44.8 Å². The van der Waals surface area contributed by atoms with Crippen molar-refractivity contribution in [3.8, 4) is 0 Å². The molecule has 0 radical (unpaired) electrons. The van der Waals surface area contributed by atoms with Crippen LogP contribution in [-0.2, 0) is 0 Å². The van der Waals surface area contributed by atoms with Crippen LogP contribution in [-0.4, -0.2) is 26.8 Å². The summed E-state index contributed by atoms with van der Waals surface area (Å²) in [7, 11) is 0. The van der Waals surface area contributed by atoms with Crippen LogP contribution in [0.15, 0.2) is 0 Å². The van der Waals surface area contributed by atoms with Crippen LogP contribution in [0, 0.1) is 0 Å². The summed E-state index contributed by atoms with van der Waals surface area (Å²) in [5, 5.41) is 15.8. The molecule has 2 atom stereocenters. The zero-order chi connectivity index (χ0) is 16.9. The lowest BCUT2D eigenvalue weighted by molar-refractivity contribution is 0.286. The lowest BCUT2D eigenvalue weighted by Gasteiger charge is -2.00. The van der Waals surface area contributed by atoms with Gasteiger partial charge in [0.25, 0.3) is 0 Å². The number of aliphatic hydroxyl groups excluding tert-OH is 2. The molecule has 0 aromatic carbocycles. The Hall–Kier alpha value is 0.970. The molecular formula is C16H38O2S3. The molecule has 0 fully saturated rings. The number of unbranched alkanes of at least 4 members (excludes halogenated alkanes) is 9. The predicted molar refractivity (Wildman–Crippen MR) is 107 cm³/mol. The molecule has 132 valence electrons. The monoisotopic (exact) mass is 358 g/mol. The Morgan fingerprint density at radius 2 is 0.905 bits per heavy atom. The molecular weight excluding hydrogens is 320 g/mol. The van der Waals surface area contributed by atoms with Crippen LogP contribution in [0.5, 0.6) is 0 Å². The number of hydrogen-bond acceptors (Lipinski definition) is 5. The van der Waals surface area contributed by atoms with Crippen molar-refractivity contribution in [3.05, 3.63) is 0 Å². The SMILES string of the molecule is CC(O)S.CC(O)S.CCCCCCCCCCCCS. The van der Waals surface area contributed by atoms with Gasteiger partial charge in [0.1, 0.15) is 0 Å². The molecule has 0 spiro atoms. The fraction of sp³-hybridized carbons (Fsp3) is 1.00. The molecule has 5 heteroatoms. The van der Waals surface area contributed by atoms with E-state index < -0.39 is 10.9 Å². The summed E-state index contributed by atoms with van der Waals surface area (Å²) in [4.78, 5) is 0. The van der Waals surface area contributed by atoms with E-state index in [1.165, 1.54) is 64.2 Å². The Bertz CT molecular complexity index is 135. The lowest BCUT2D eigenvalue weighted by atomic mass is 10.1. The van der Waals surface area contributed by atoms with Gasteiger partial charge in [-0.05, 0) is 26.0 Å². The van der Waals surface area contributed by atoms with Crippen molar-refractivity contribution in [2.24, 2.45) is 0 Å². The highest BCUT2D eigenvalue weighted by Gasteiger charge is 1.91. The molecule has 0 amide bonds.